The molecular formula is C13H18FNO2. The van der Waals surface area contributed by atoms with Crippen LogP contribution >= 0.6 is 0 Å². The number of rotatable bonds is 1. The molecule has 0 saturated heterocycles. The van der Waals surface area contributed by atoms with Gasteiger partial charge in [-0.2, -0.15) is 0 Å². The molecule has 17 heavy (non-hydrogen) atoms. The molecule has 0 unspecified atom stereocenters. The van der Waals surface area contributed by atoms with E-state index in [1.807, 2.05) is 0 Å². The Morgan fingerprint density at radius 2 is 1.94 bits per heavy atom. The summed E-state index contributed by atoms with van der Waals surface area (Å²) in [5.41, 5.74) is 0.566. The third-order valence-electron chi connectivity index (χ3n) is 2.20. The summed E-state index contributed by atoms with van der Waals surface area (Å²) in [4.78, 5) is 13.1. The Morgan fingerprint density at radius 3 is 2.41 bits per heavy atom. The van der Waals surface area contributed by atoms with Gasteiger partial charge in [-0.05, 0) is 51.5 Å². The van der Waals surface area contributed by atoms with E-state index in [9.17, 15) is 9.18 Å². The average molecular weight is 239 g/mol. The summed E-state index contributed by atoms with van der Waals surface area (Å²) in [7, 11) is 1.60. The molecule has 0 atom stereocenters. The molecule has 3 nitrogen and oxygen atoms in total. The number of hydrogen-bond donors (Lipinski definition) is 0. The van der Waals surface area contributed by atoms with Crippen molar-refractivity contribution < 1.29 is 13.9 Å². The van der Waals surface area contributed by atoms with E-state index in [0.29, 0.717) is 11.3 Å². The van der Waals surface area contributed by atoms with Gasteiger partial charge in [0.1, 0.15) is 11.4 Å². The summed E-state index contributed by atoms with van der Waals surface area (Å²) < 4.78 is 18.3. The van der Waals surface area contributed by atoms with Crippen molar-refractivity contribution in [3.8, 4) is 0 Å². The topological polar surface area (TPSA) is 29.5 Å². The number of carbonyl (C=O) groups excluding carboxylic acids is 1. The maximum absolute atomic E-state index is 13.1. The summed E-state index contributed by atoms with van der Waals surface area (Å²) in [6.45, 7) is 7.06. The number of nitrogens with zero attached hydrogens (tertiary/aromatic N) is 1. The van der Waals surface area contributed by atoms with Gasteiger partial charge in [0.2, 0.25) is 0 Å². The van der Waals surface area contributed by atoms with Crippen LogP contribution in [-0.2, 0) is 4.74 Å². The Morgan fingerprint density at radius 1 is 1.35 bits per heavy atom. The zero-order valence-corrected chi connectivity index (χ0v) is 10.9. The van der Waals surface area contributed by atoms with Crippen LogP contribution < -0.4 is 4.90 Å². The van der Waals surface area contributed by atoms with Gasteiger partial charge in [0.05, 0.1) is 0 Å². The molecule has 1 rings (SSSR count). The molecular weight excluding hydrogens is 221 g/mol. The van der Waals surface area contributed by atoms with E-state index in [0.717, 1.165) is 0 Å². The minimum absolute atomic E-state index is 0.286. The first-order chi connectivity index (χ1) is 7.70. The molecule has 0 saturated carbocycles. The fourth-order valence-electron chi connectivity index (χ4n) is 1.27. The fourth-order valence-corrected chi connectivity index (χ4v) is 1.27. The monoisotopic (exact) mass is 239 g/mol. The van der Waals surface area contributed by atoms with Crippen molar-refractivity contribution >= 4 is 11.8 Å². The molecule has 0 N–H and O–H groups in total. The maximum atomic E-state index is 13.1. The molecule has 0 aliphatic rings. The van der Waals surface area contributed by atoms with Crippen molar-refractivity contribution in [3.63, 3.8) is 0 Å². The van der Waals surface area contributed by atoms with Crippen LogP contribution in [0.4, 0.5) is 14.9 Å². The molecule has 0 aliphatic heterocycles. The lowest BCUT2D eigenvalue weighted by molar-refractivity contribution is 0.0589. The highest BCUT2D eigenvalue weighted by molar-refractivity contribution is 5.87. The van der Waals surface area contributed by atoms with Crippen molar-refractivity contribution in [2.24, 2.45) is 0 Å². The van der Waals surface area contributed by atoms with Gasteiger partial charge in [0.25, 0.3) is 0 Å². The second-order valence-electron chi connectivity index (χ2n) is 4.97. The summed E-state index contributed by atoms with van der Waals surface area (Å²) in [6, 6.07) is 4.50. The van der Waals surface area contributed by atoms with E-state index in [-0.39, 0.29) is 5.82 Å². The number of carbonyl (C=O) groups is 1. The lowest BCUT2D eigenvalue weighted by Gasteiger charge is -2.24. The van der Waals surface area contributed by atoms with Crippen molar-refractivity contribution in [2.45, 2.75) is 33.3 Å². The van der Waals surface area contributed by atoms with E-state index in [1.165, 1.54) is 11.0 Å². The Bertz CT molecular complexity index is 424. The van der Waals surface area contributed by atoms with Crippen molar-refractivity contribution in [3.05, 3.63) is 29.6 Å². The normalized spacial score (nSPS) is 11.2. The Kier molecular flexibility index (Phi) is 3.76. The van der Waals surface area contributed by atoms with E-state index < -0.39 is 11.7 Å². The standard InChI is InChI=1S/C13H18FNO2/c1-9-8-10(6-7-11(9)14)15(5)12(16)17-13(2,3)4/h6-8H,1-5H3. The van der Waals surface area contributed by atoms with Gasteiger partial charge < -0.3 is 4.74 Å². The van der Waals surface area contributed by atoms with Crippen LogP contribution in [0.25, 0.3) is 0 Å². The molecule has 94 valence electrons. The van der Waals surface area contributed by atoms with Gasteiger partial charge in [-0.1, -0.05) is 0 Å². The second-order valence-corrected chi connectivity index (χ2v) is 4.97. The highest BCUT2D eigenvalue weighted by Crippen LogP contribution is 2.19. The van der Waals surface area contributed by atoms with Gasteiger partial charge >= 0.3 is 6.09 Å². The molecule has 1 amide bonds. The molecule has 0 spiro atoms. The molecule has 1 aromatic carbocycles. The SMILES string of the molecule is Cc1cc(N(C)C(=O)OC(C)(C)C)ccc1F. The summed E-state index contributed by atoms with van der Waals surface area (Å²) in [6.07, 6.45) is -0.455. The number of benzene rings is 1. The predicted molar refractivity (Wildman–Crippen MR) is 65.8 cm³/mol. The molecule has 4 heteroatoms. The highest BCUT2D eigenvalue weighted by atomic mass is 19.1. The average Bonchev–Trinajstić information content (AvgIpc) is 2.18. The zero-order valence-electron chi connectivity index (χ0n) is 10.9. The smallest absolute Gasteiger partial charge is 0.414 e. The lowest BCUT2D eigenvalue weighted by Crippen LogP contribution is -2.34. The van der Waals surface area contributed by atoms with Crippen LogP contribution in [0.15, 0.2) is 18.2 Å². The first-order valence-electron chi connectivity index (χ1n) is 5.43. The third-order valence-corrected chi connectivity index (χ3v) is 2.20. The van der Waals surface area contributed by atoms with Crippen LogP contribution in [0.5, 0.6) is 0 Å². The molecule has 0 heterocycles. The zero-order chi connectivity index (χ0) is 13.2. The number of ether oxygens (including phenoxy) is 1. The first kappa shape index (κ1) is 13.5. The van der Waals surface area contributed by atoms with Crippen molar-refractivity contribution in [2.75, 3.05) is 11.9 Å². The van der Waals surface area contributed by atoms with Crippen molar-refractivity contribution in [1.82, 2.24) is 0 Å². The molecule has 0 aliphatic carbocycles. The van der Waals surface area contributed by atoms with E-state index in [4.69, 9.17) is 4.74 Å². The van der Waals surface area contributed by atoms with Crippen LogP contribution in [0.1, 0.15) is 26.3 Å². The van der Waals surface area contributed by atoms with Crippen molar-refractivity contribution in [1.29, 1.82) is 0 Å². The van der Waals surface area contributed by atoms with E-state index in [1.54, 1.807) is 46.9 Å². The number of amides is 1. The third kappa shape index (κ3) is 3.73. The van der Waals surface area contributed by atoms with Gasteiger partial charge in [0.15, 0.2) is 0 Å². The predicted octanol–water partition coefficient (Wildman–Crippen LogP) is 3.51. The van der Waals surface area contributed by atoms with Gasteiger partial charge in [-0.25, -0.2) is 9.18 Å². The molecule has 0 aromatic heterocycles. The maximum Gasteiger partial charge on any atom is 0.414 e. The first-order valence-corrected chi connectivity index (χ1v) is 5.43. The molecule has 0 fully saturated rings. The Balaban J connectivity index is 2.85. The largest absolute Gasteiger partial charge is 0.443 e. The molecule has 1 aromatic rings. The fraction of sp³-hybridized carbons (Fsp3) is 0.462. The minimum Gasteiger partial charge on any atom is -0.443 e. The van der Waals surface area contributed by atoms with E-state index >= 15 is 0 Å². The van der Waals surface area contributed by atoms with Crippen LogP contribution in [0.2, 0.25) is 0 Å². The lowest BCUT2D eigenvalue weighted by atomic mass is 10.2. The number of anilines is 1. The van der Waals surface area contributed by atoms with Gasteiger partial charge in [-0.3, -0.25) is 4.90 Å². The number of hydrogen-bond acceptors (Lipinski definition) is 2. The van der Waals surface area contributed by atoms with E-state index in [2.05, 4.69) is 0 Å². The summed E-state index contributed by atoms with van der Waals surface area (Å²) >= 11 is 0. The highest BCUT2D eigenvalue weighted by Gasteiger charge is 2.20. The number of halogens is 1. The van der Waals surface area contributed by atoms with Gasteiger partial charge in [-0.15, -0.1) is 0 Å². The summed E-state index contributed by atoms with van der Waals surface area (Å²) in [5, 5.41) is 0. The number of aryl methyl sites for hydroxylation is 1. The van der Waals surface area contributed by atoms with Crippen LogP contribution in [0, 0.1) is 12.7 Å². The second kappa shape index (κ2) is 4.73. The quantitative estimate of drug-likeness (QED) is 0.750. The molecule has 0 bridgehead atoms. The molecule has 0 radical (unpaired) electrons. The summed E-state index contributed by atoms with van der Waals surface area (Å²) in [5.74, 6) is -0.286. The Hall–Kier alpha value is -1.58. The van der Waals surface area contributed by atoms with Crippen LogP contribution in [-0.4, -0.2) is 18.7 Å². The Labute approximate surface area is 101 Å². The van der Waals surface area contributed by atoms with Crippen LogP contribution in [0.3, 0.4) is 0 Å². The van der Waals surface area contributed by atoms with Gasteiger partial charge in [0, 0.05) is 12.7 Å². The minimum atomic E-state index is -0.541.